The average molecular weight is 658 g/mol. The van der Waals surface area contributed by atoms with Crippen molar-refractivity contribution in [3.63, 3.8) is 0 Å². The first kappa shape index (κ1) is 37.3. The molecule has 0 radical (unpaired) electrons. The van der Waals surface area contributed by atoms with E-state index in [2.05, 4.69) is 145 Å². The molecule has 0 N–H and O–H groups in total. The molecule has 0 amide bonds. The van der Waals surface area contributed by atoms with Crippen molar-refractivity contribution in [3.05, 3.63) is 156 Å². The van der Waals surface area contributed by atoms with Gasteiger partial charge < -0.3 is 6.92 Å². The van der Waals surface area contributed by atoms with E-state index in [0.29, 0.717) is 5.92 Å². The Hall–Kier alpha value is -2.89. The van der Waals surface area contributed by atoms with E-state index in [1.807, 2.05) is 36.4 Å². The third kappa shape index (κ3) is 10.6. The monoisotopic (exact) mass is 656 g/mol. The van der Waals surface area contributed by atoms with Crippen molar-refractivity contribution in [2.45, 2.75) is 79.6 Å². The molecule has 0 fully saturated rings. The maximum atomic E-state index is 3.53. The van der Waals surface area contributed by atoms with Gasteiger partial charge in [0.2, 0.25) is 0 Å². The van der Waals surface area contributed by atoms with Crippen LogP contribution in [0.5, 0.6) is 0 Å². The van der Waals surface area contributed by atoms with Gasteiger partial charge in [0.05, 0.1) is 0 Å². The fraction of sp³-hybridized carbons (Fsp3) is 0.302. The molecule has 0 spiro atoms. The Morgan fingerprint density at radius 1 is 0.773 bits per heavy atom. The zero-order valence-corrected chi connectivity index (χ0v) is 30.9. The van der Waals surface area contributed by atoms with Crippen molar-refractivity contribution >= 4 is 9.78 Å². The van der Waals surface area contributed by atoms with Crippen LogP contribution < -0.4 is 0 Å². The Morgan fingerprint density at radius 2 is 1.34 bits per heavy atom. The average Bonchev–Trinajstić information content (AvgIpc) is 3.58. The molecule has 4 aromatic carbocycles. The first-order chi connectivity index (χ1) is 20.9. The second-order valence-electron chi connectivity index (χ2n) is 12.9. The first-order valence-corrected chi connectivity index (χ1v) is 17.2. The summed E-state index contributed by atoms with van der Waals surface area (Å²) < 4.78 is 3.34. The predicted molar refractivity (Wildman–Crippen MR) is 190 cm³/mol. The van der Waals surface area contributed by atoms with Gasteiger partial charge in [-0.05, 0) is 17.4 Å². The van der Waals surface area contributed by atoms with Crippen LogP contribution in [0, 0.1) is 31.1 Å². The van der Waals surface area contributed by atoms with Crippen LogP contribution in [0.2, 0.25) is 0 Å². The van der Waals surface area contributed by atoms with E-state index in [9.17, 15) is 0 Å². The van der Waals surface area contributed by atoms with Gasteiger partial charge in [0.25, 0.3) is 0 Å². The molecule has 0 heterocycles. The summed E-state index contributed by atoms with van der Waals surface area (Å²) in [5.74, 6) is 0.468. The van der Waals surface area contributed by atoms with Gasteiger partial charge in [-0.2, -0.15) is 84.3 Å². The van der Waals surface area contributed by atoms with Gasteiger partial charge >= 0.3 is 28.4 Å². The number of fused-ring (bicyclic) bond motifs is 3. The van der Waals surface area contributed by atoms with Crippen molar-refractivity contribution in [2.24, 2.45) is 5.92 Å². The van der Waals surface area contributed by atoms with E-state index in [1.54, 1.807) is 6.92 Å². The summed E-state index contributed by atoms with van der Waals surface area (Å²) in [6, 6.07) is 38.1. The van der Waals surface area contributed by atoms with Gasteiger partial charge in [0.15, 0.2) is 0 Å². The molecule has 1 atom stereocenters. The van der Waals surface area contributed by atoms with Crippen LogP contribution in [0.25, 0.3) is 16.7 Å². The molecular formula is C43H50Zr-4. The van der Waals surface area contributed by atoms with Crippen molar-refractivity contribution < 1.29 is 24.2 Å². The molecule has 44 heavy (non-hydrogen) atoms. The van der Waals surface area contributed by atoms with Crippen molar-refractivity contribution in [1.29, 1.82) is 0 Å². The van der Waals surface area contributed by atoms with E-state index in [4.69, 9.17) is 0 Å². The van der Waals surface area contributed by atoms with Crippen molar-refractivity contribution in [2.75, 3.05) is 0 Å². The van der Waals surface area contributed by atoms with Crippen molar-refractivity contribution in [1.82, 2.24) is 0 Å². The standard InChI is InChI=1S/C21H25.C13H13.C6H5.C2H5.CH2.Zr/c1-20(2,3)16-9-7-14-11-15-8-10-17(21(4,5)6)13-19(15)18(14)12-16;1-10-8-11(2)13(9-10)12-6-4-3-5-7-12;1-2-4-6-5-3-1;1-2;;/h7,9-10,12-13H,11H2,1-6H3;3-7,9-10H,1-2H3;1-5H;1H2,2H3;1H2;/q4*-1;;. The molecule has 1 unspecified atom stereocenters. The summed E-state index contributed by atoms with van der Waals surface area (Å²) in [5.41, 5.74) is 12.7. The van der Waals surface area contributed by atoms with E-state index in [1.165, 1.54) is 74.3 Å². The molecular weight excluding hydrogens is 608 g/mol. The van der Waals surface area contributed by atoms with E-state index < -0.39 is 0 Å². The van der Waals surface area contributed by atoms with Crippen LogP contribution in [0.1, 0.15) is 90.1 Å². The van der Waals surface area contributed by atoms with Gasteiger partial charge in [-0.3, -0.25) is 6.08 Å². The maximum absolute atomic E-state index is 3.53. The molecule has 230 valence electrons. The second-order valence-corrected chi connectivity index (χ2v) is 12.9. The summed E-state index contributed by atoms with van der Waals surface area (Å²) in [5, 5.41) is 0. The fourth-order valence-electron chi connectivity index (χ4n) is 5.09. The van der Waals surface area contributed by atoms with E-state index in [-0.39, 0.29) is 10.8 Å². The molecule has 1 heteroatoms. The number of hydrogen-bond donors (Lipinski definition) is 0. The summed E-state index contributed by atoms with van der Waals surface area (Å²) in [7, 11) is 0. The Balaban J connectivity index is 0.000000249. The first-order valence-electron chi connectivity index (χ1n) is 15.5. The Bertz CT molecular complexity index is 1400. The zero-order valence-electron chi connectivity index (χ0n) is 28.4. The zero-order chi connectivity index (χ0) is 32.9. The minimum absolute atomic E-state index is 0.177. The summed E-state index contributed by atoms with van der Waals surface area (Å²) in [6.45, 7) is 22.9. The number of hydrogen-bond acceptors (Lipinski definition) is 0. The second kappa shape index (κ2) is 17.6. The Morgan fingerprint density at radius 3 is 1.82 bits per heavy atom. The minimum atomic E-state index is 0.177. The largest absolute Gasteiger partial charge is 0.184 e. The van der Waals surface area contributed by atoms with Crippen LogP contribution in [-0.4, -0.2) is 4.21 Å². The quantitative estimate of drug-likeness (QED) is 0.157. The molecule has 6 rings (SSSR count). The number of rotatable bonds is 1. The Labute approximate surface area is 284 Å². The maximum Gasteiger partial charge on any atom is -0.171 e. The molecule has 0 aromatic heterocycles. The molecule has 0 saturated carbocycles. The molecule has 0 nitrogen and oxygen atoms in total. The SMILES string of the molecule is CC(C)(C)c1c[c-]c2c(c1)-c1cc(C(C)(C)C)ccc1C2.CC1=[C-]C(C)C=C1c1ccccc1.[CH2-]C.[CH2]=[Zr].[c-]1ccccc1. The third-order valence-electron chi connectivity index (χ3n) is 7.48. The number of allylic oxidation sites excluding steroid dienone is 4. The van der Waals surface area contributed by atoms with Crippen LogP contribution in [-0.2, 0) is 41.5 Å². The topological polar surface area (TPSA) is 0 Å². The van der Waals surface area contributed by atoms with Gasteiger partial charge in [0, 0.05) is 0 Å². The minimum Gasteiger partial charge on any atom is -0.184 e. The molecule has 0 aliphatic heterocycles. The van der Waals surface area contributed by atoms with Crippen LogP contribution in [0.4, 0.5) is 0 Å². The normalized spacial score (nSPS) is 14.2. The fourth-order valence-corrected chi connectivity index (χ4v) is 5.09. The van der Waals surface area contributed by atoms with Crippen LogP contribution >= 0.6 is 0 Å². The van der Waals surface area contributed by atoms with Gasteiger partial charge in [-0.1, -0.05) is 126 Å². The molecule has 2 aliphatic rings. The third-order valence-corrected chi connectivity index (χ3v) is 7.48. The smallest absolute Gasteiger partial charge is 0.171 e. The van der Waals surface area contributed by atoms with Gasteiger partial charge in [0.1, 0.15) is 0 Å². The van der Waals surface area contributed by atoms with Gasteiger partial charge in [-0.15, -0.1) is 11.1 Å². The van der Waals surface area contributed by atoms with E-state index in [0.717, 1.165) is 6.42 Å². The molecule has 0 saturated heterocycles. The molecule has 4 aromatic rings. The molecule has 2 aliphatic carbocycles. The summed E-state index contributed by atoms with van der Waals surface area (Å²) >= 11 is 1.30. The van der Waals surface area contributed by atoms with Crippen molar-refractivity contribution in [3.8, 4) is 11.1 Å². The predicted octanol–water partition coefficient (Wildman–Crippen LogP) is 11.4. The summed E-state index contributed by atoms with van der Waals surface area (Å²) in [6.07, 6.45) is 6.69. The van der Waals surface area contributed by atoms with Crippen LogP contribution in [0.15, 0.2) is 103 Å². The summed E-state index contributed by atoms with van der Waals surface area (Å²) in [4.78, 5) is 0. The van der Waals surface area contributed by atoms with E-state index >= 15 is 0 Å². The number of benzene rings is 4. The van der Waals surface area contributed by atoms with Gasteiger partial charge in [-0.25, -0.2) is 5.57 Å². The molecule has 0 bridgehead atoms. The van der Waals surface area contributed by atoms with Crippen LogP contribution in [0.3, 0.4) is 0 Å². The Kier molecular flexibility index (Phi) is 14.9.